The first-order chi connectivity index (χ1) is 12.5. The molecule has 1 saturated heterocycles. The van der Waals surface area contributed by atoms with Crippen LogP contribution in [0.2, 0.25) is 0 Å². The Morgan fingerprint density at radius 1 is 1.00 bits per heavy atom. The second-order valence-corrected chi connectivity index (χ2v) is 7.20. The van der Waals surface area contributed by atoms with Crippen LogP contribution in [-0.4, -0.2) is 36.3 Å². The van der Waals surface area contributed by atoms with Crippen molar-refractivity contribution in [1.82, 2.24) is 4.90 Å². The van der Waals surface area contributed by atoms with Crippen molar-refractivity contribution in [2.45, 2.75) is 25.2 Å². The summed E-state index contributed by atoms with van der Waals surface area (Å²) in [7, 11) is 0. The van der Waals surface area contributed by atoms with Crippen molar-refractivity contribution < 1.29 is 14.0 Å². The Labute approximate surface area is 152 Å². The van der Waals surface area contributed by atoms with Gasteiger partial charge < -0.3 is 9.80 Å². The van der Waals surface area contributed by atoms with E-state index in [-0.39, 0.29) is 24.2 Å². The molecule has 2 aromatic carbocycles. The van der Waals surface area contributed by atoms with Gasteiger partial charge in [-0.25, -0.2) is 4.39 Å². The molecule has 26 heavy (non-hydrogen) atoms. The Morgan fingerprint density at radius 2 is 1.65 bits per heavy atom. The fourth-order valence-electron chi connectivity index (χ4n) is 3.67. The van der Waals surface area contributed by atoms with Crippen LogP contribution in [0.25, 0.3) is 0 Å². The van der Waals surface area contributed by atoms with Crippen molar-refractivity contribution in [1.29, 1.82) is 0 Å². The van der Waals surface area contributed by atoms with E-state index in [1.54, 1.807) is 21.9 Å². The van der Waals surface area contributed by atoms with Crippen LogP contribution >= 0.6 is 0 Å². The van der Waals surface area contributed by atoms with Gasteiger partial charge in [0.25, 0.3) is 0 Å². The van der Waals surface area contributed by atoms with Crippen LogP contribution in [-0.2, 0) is 15.0 Å². The number of piperazine rings is 1. The molecule has 0 aromatic heterocycles. The first kappa shape index (κ1) is 16.8. The summed E-state index contributed by atoms with van der Waals surface area (Å²) in [6.07, 6.45) is 1.51. The molecule has 2 aromatic rings. The predicted molar refractivity (Wildman–Crippen MR) is 97.4 cm³/mol. The number of nitrogens with zero attached hydrogens (tertiary/aromatic N) is 2. The summed E-state index contributed by atoms with van der Waals surface area (Å²) in [5.74, 6) is -0.386. The van der Waals surface area contributed by atoms with Crippen LogP contribution in [0.5, 0.6) is 0 Å². The van der Waals surface area contributed by atoms with Gasteiger partial charge in [-0.15, -0.1) is 0 Å². The van der Waals surface area contributed by atoms with Crippen molar-refractivity contribution in [3.05, 3.63) is 65.5 Å². The highest BCUT2D eigenvalue weighted by molar-refractivity contribution is 6.00. The summed E-state index contributed by atoms with van der Waals surface area (Å²) in [6, 6.07) is 14.0. The third kappa shape index (κ3) is 2.87. The molecule has 5 heteroatoms. The van der Waals surface area contributed by atoms with Crippen molar-refractivity contribution in [3.63, 3.8) is 0 Å². The molecule has 0 radical (unpaired) electrons. The molecule has 2 amide bonds. The van der Waals surface area contributed by atoms with Gasteiger partial charge in [-0.1, -0.05) is 29.8 Å². The second-order valence-electron chi connectivity index (χ2n) is 7.20. The van der Waals surface area contributed by atoms with Gasteiger partial charge >= 0.3 is 0 Å². The van der Waals surface area contributed by atoms with Gasteiger partial charge in [0, 0.05) is 18.8 Å². The van der Waals surface area contributed by atoms with Crippen molar-refractivity contribution in [2.24, 2.45) is 0 Å². The number of amides is 2. The number of aryl methyl sites for hydroxylation is 1. The van der Waals surface area contributed by atoms with Gasteiger partial charge in [0.15, 0.2) is 0 Å². The Kier molecular flexibility index (Phi) is 4.02. The topological polar surface area (TPSA) is 40.6 Å². The summed E-state index contributed by atoms with van der Waals surface area (Å²) in [5.41, 5.74) is 2.29. The largest absolute Gasteiger partial charge is 0.331 e. The van der Waals surface area contributed by atoms with Crippen LogP contribution in [0.3, 0.4) is 0 Å². The van der Waals surface area contributed by atoms with Gasteiger partial charge in [-0.2, -0.15) is 0 Å². The molecule has 0 bridgehead atoms. The number of rotatable bonds is 3. The molecule has 2 aliphatic rings. The molecule has 134 valence electrons. The Balaban J connectivity index is 1.48. The highest BCUT2D eigenvalue weighted by atomic mass is 19.1. The van der Waals surface area contributed by atoms with Crippen LogP contribution < -0.4 is 4.90 Å². The number of halogens is 1. The number of carbonyl (C=O) groups excluding carboxylic acids is 2. The summed E-state index contributed by atoms with van der Waals surface area (Å²) < 4.78 is 13.2. The minimum Gasteiger partial charge on any atom is -0.331 e. The number of hydrogen-bond acceptors (Lipinski definition) is 2. The lowest BCUT2D eigenvalue weighted by Gasteiger charge is -2.36. The fourth-order valence-corrected chi connectivity index (χ4v) is 3.67. The molecule has 2 fully saturated rings. The molecule has 1 aliphatic heterocycles. The first-order valence-electron chi connectivity index (χ1n) is 8.92. The third-order valence-electron chi connectivity index (χ3n) is 5.41. The molecule has 0 unspecified atom stereocenters. The summed E-state index contributed by atoms with van der Waals surface area (Å²) in [6.45, 7) is 3.11. The molecule has 1 aliphatic carbocycles. The van der Waals surface area contributed by atoms with E-state index in [4.69, 9.17) is 0 Å². The second kappa shape index (κ2) is 6.24. The van der Waals surface area contributed by atoms with Gasteiger partial charge in [0.1, 0.15) is 12.4 Å². The van der Waals surface area contributed by atoms with E-state index in [0.717, 1.165) is 29.7 Å². The zero-order valence-corrected chi connectivity index (χ0v) is 14.7. The highest BCUT2D eigenvalue weighted by Gasteiger charge is 2.53. The number of carbonyl (C=O) groups is 2. The van der Waals surface area contributed by atoms with Crippen molar-refractivity contribution >= 4 is 17.5 Å². The minimum absolute atomic E-state index is 0.0129. The predicted octanol–water partition coefficient (Wildman–Crippen LogP) is 3.04. The lowest BCUT2D eigenvalue weighted by Crippen LogP contribution is -2.54. The van der Waals surface area contributed by atoms with Crippen LogP contribution in [0, 0.1) is 12.7 Å². The molecule has 1 heterocycles. The highest BCUT2D eigenvalue weighted by Crippen LogP contribution is 2.49. The van der Waals surface area contributed by atoms with Crippen LogP contribution in [0.4, 0.5) is 10.1 Å². The zero-order chi connectivity index (χ0) is 18.3. The maximum absolute atomic E-state index is 13.2. The average molecular weight is 352 g/mol. The monoisotopic (exact) mass is 352 g/mol. The molecular formula is C21H21FN2O2. The van der Waals surface area contributed by atoms with Gasteiger partial charge in [0.05, 0.1) is 5.41 Å². The standard InChI is InChI=1S/C21H21FN2O2/c1-15-2-8-18(9-3-15)24-13-12-23(14-19(24)25)20(26)21(10-11-21)16-4-6-17(22)7-5-16/h2-9H,10-14H2,1H3. The maximum atomic E-state index is 13.2. The van der Waals surface area contributed by atoms with E-state index in [2.05, 4.69) is 0 Å². The van der Waals surface area contributed by atoms with Gasteiger partial charge in [-0.3, -0.25) is 9.59 Å². The SMILES string of the molecule is Cc1ccc(N2CCN(C(=O)C3(c4ccc(F)cc4)CC3)CC2=O)cc1. The lowest BCUT2D eigenvalue weighted by molar-refractivity contribution is -0.139. The van der Waals surface area contributed by atoms with E-state index in [0.29, 0.717) is 13.1 Å². The lowest BCUT2D eigenvalue weighted by atomic mass is 9.94. The van der Waals surface area contributed by atoms with Crippen LogP contribution in [0.1, 0.15) is 24.0 Å². The van der Waals surface area contributed by atoms with Gasteiger partial charge in [-0.05, 0) is 49.6 Å². The van der Waals surface area contributed by atoms with Gasteiger partial charge in [0.2, 0.25) is 11.8 Å². The smallest absolute Gasteiger partial charge is 0.246 e. The molecule has 0 N–H and O–H groups in total. The Bertz CT molecular complexity index is 841. The fraction of sp³-hybridized carbons (Fsp3) is 0.333. The first-order valence-corrected chi connectivity index (χ1v) is 8.92. The molecule has 4 nitrogen and oxygen atoms in total. The average Bonchev–Trinajstić information content (AvgIpc) is 3.44. The van der Waals surface area contributed by atoms with E-state index in [1.807, 2.05) is 31.2 Å². The molecular weight excluding hydrogens is 331 g/mol. The number of benzene rings is 2. The molecule has 0 atom stereocenters. The van der Waals surface area contributed by atoms with Crippen LogP contribution in [0.15, 0.2) is 48.5 Å². The molecule has 1 saturated carbocycles. The Morgan fingerprint density at radius 3 is 2.23 bits per heavy atom. The van der Waals surface area contributed by atoms with Crippen molar-refractivity contribution in [2.75, 3.05) is 24.5 Å². The van der Waals surface area contributed by atoms with Crippen molar-refractivity contribution in [3.8, 4) is 0 Å². The molecule has 4 rings (SSSR count). The van der Waals surface area contributed by atoms with E-state index >= 15 is 0 Å². The van der Waals surface area contributed by atoms with E-state index in [1.165, 1.54) is 12.1 Å². The maximum Gasteiger partial charge on any atom is 0.246 e. The minimum atomic E-state index is -0.569. The quantitative estimate of drug-likeness (QED) is 0.852. The normalized spacial score (nSPS) is 18.8. The number of anilines is 1. The molecule has 0 spiro atoms. The third-order valence-corrected chi connectivity index (χ3v) is 5.41. The number of hydrogen-bond donors (Lipinski definition) is 0. The summed E-state index contributed by atoms with van der Waals surface area (Å²) in [5, 5.41) is 0. The van der Waals surface area contributed by atoms with E-state index < -0.39 is 5.41 Å². The summed E-state index contributed by atoms with van der Waals surface area (Å²) >= 11 is 0. The Hall–Kier alpha value is -2.69. The van der Waals surface area contributed by atoms with E-state index in [9.17, 15) is 14.0 Å². The zero-order valence-electron chi connectivity index (χ0n) is 14.7. The summed E-state index contributed by atoms with van der Waals surface area (Å²) in [4.78, 5) is 29.1.